The van der Waals surface area contributed by atoms with E-state index in [-0.39, 0.29) is 17.1 Å². The van der Waals surface area contributed by atoms with Crippen molar-refractivity contribution in [2.45, 2.75) is 19.8 Å². The van der Waals surface area contributed by atoms with Crippen molar-refractivity contribution in [1.29, 1.82) is 0 Å². The molecule has 6 nitrogen and oxygen atoms in total. The van der Waals surface area contributed by atoms with Crippen LogP contribution in [0.25, 0.3) is 11.0 Å². The summed E-state index contributed by atoms with van der Waals surface area (Å²) in [6, 6.07) is 13.3. The number of aromatic nitrogens is 3. The predicted octanol–water partition coefficient (Wildman–Crippen LogP) is 2.58. The van der Waals surface area contributed by atoms with E-state index in [2.05, 4.69) is 10.1 Å². The van der Waals surface area contributed by atoms with Gasteiger partial charge in [0.2, 0.25) is 4.96 Å². The first kappa shape index (κ1) is 19.9. The van der Waals surface area contributed by atoms with E-state index in [1.54, 1.807) is 18.2 Å². The van der Waals surface area contributed by atoms with Crippen LogP contribution in [0.4, 0.5) is 4.39 Å². The molecule has 0 radical (unpaired) electrons. The molecule has 0 atom stereocenters. The van der Waals surface area contributed by atoms with Crippen molar-refractivity contribution in [3.63, 3.8) is 0 Å². The lowest BCUT2D eigenvalue weighted by Crippen LogP contribution is -2.28. The highest BCUT2D eigenvalue weighted by Crippen LogP contribution is 2.14. The van der Waals surface area contributed by atoms with Crippen LogP contribution in [0.3, 0.4) is 0 Å². The van der Waals surface area contributed by atoms with Crippen LogP contribution in [0, 0.1) is 5.82 Å². The second kappa shape index (κ2) is 8.54. The fourth-order valence-electron chi connectivity index (χ4n) is 2.92. The van der Waals surface area contributed by atoms with Gasteiger partial charge in [-0.1, -0.05) is 42.5 Å². The highest BCUT2D eigenvalue weighted by Gasteiger charge is 2.12. The molecule has 4 aromatic rings. The molecule has 0 amide bonds. The van der Waals surface area contributed by atoms with Crippen molar-refractivity contribution >= 4 is 22.4 Å². The molecular weight excluding hydrogens is 405 g/mol. The summed E-state index contributed by atoms with van der Waals surface area (Å²) in [4.78, 5) is 29.3. The largest absolute Gasteiger partial charge is 0.494 e. The van der Waals surface area contributed by atoms with Gasteiger partial charge in [-0.15, -0.1) is 0 Å². The van der Waals surface area contributed by atoms with Crippen LogP contribution >= 0.6 is 11.3 Å². The molecule has 2 aromatic heterocycles. The molecule has 0 aliphatic rings. The van der Waals surface area contributed by atoms with E-state index in [1.165, 1.54) is 12.1 Å². The minimum Gasteiger partial charge on any atom is -0.494 e. The van der Waals surface area contributed by atoms with Crippen LogP contribution in [0.2, 0.25) is 0 Å². The molecule has 0 unspecified atom stereocenters. The molecule has 2 heterocycles. The van der Waals surface area contributed by atoms with Crippen molar-refractivity contribution in [2.75, 3.05) is 6.61 Å². The summed E-state index contributed by atoms with van der Waals surface area (Å²) in [6.07, 6.45) is 2.73. The van der Waals surface area contributed by atoms with E-state index in [4.69, 9.17) is 4.74 Å². The highest BCUT2D eigenvalue weighted by atomic mass is 32.1. The van der Waals surface area contributed by atoms with Gasteiger partial charge in [0.05, 0.1) is 11.1 Å². The Bertz CT molecular complexity index is 1360. The average molecular weight is 423 g/mol. The molecule has 4 rings (SSSR count). The van der Waals surface area contributed by atoms with Crippen LogP contribution in [-0.2, 0) is 6.42 Å². The Morgan fingerprint density at radius 1 is 1.17 bits per heavy atom. The zero-order chi connectivity index (χ0) is 21.1. The van der Waals surface area contributed by atoms with Crippen LogP contribution in [0.1, 0.15) is 30.2 Å². The lowest BCUT2D eigenvalue weighted by molar-refractivity contribution is 0.317. The Morgan fingerprint density at radius 3 is 2.70 bits per heavy atom. The number of benzene rings is 2. The Labute approximate surface area is 174 Å². The summed E-state index contributed by atoms with van der Waals surface area (Å²) in [6.45, 7) is 2.68. The van der Waals surface area contributed by atoms with Crippen molar-refractivity contribution in [3.05, 3.63) is 96.4 Å². The monoisotopic (exact) mass is 423 g/mol. The first-order valence-corrected chi connectivity index (χ1v) is 10.3. The lowest BCUT2D eigenvalue weighted by atomic mass is 10.1. The number of hydrogen-bond donors (Lipinski definition) is 0. The maximum absolute atomic E-state index is 13.4. The Morgan fingerprint density at radius 2 is 1.97 bits per heavy atom. The molecular formula is C22H18FN3O3S. The van der Waals surface area contributed by atoms with Gasteiger partial charge in [0, 0.05) is 6.42 Å². The van der Waals surface area contributed by atoms with Gasteiger partial charge in [0.15, 0.2) is 0 Å². The summed E-state index contributed by atoms with van der Waals surface area (Å²) >= 11 is 1.05. The quantitative estimate of drug-likeness (QED) is 0.477. The van der Waals surface area contributed by atoms with Gasteiger partial charge in [-0.25, -0.2) is 4.39 Å². The van der Waals surface area contributed by atoms with Crippen molar-refractivity contribution in [1.82, 2.24) is 14.6 Å². The molecule has 8 heteroatoms. The van der Waals surface area contributed by atoms with Gasteiger partial charge in [-0.05, 0) is 47.9 Å². The van der Waals surface area contributed by atoms with E-state index < -0.39 is 16.9 Å². The predicted molar refractivity (Wildman–Crippen MR) is 114 cm³/mol. The van der Waals surface area contributed by atoms with Crippen LogP contribution in [0.15, 0.2) is 58.1 Å². The molecule has 30 heavy (non-hydrogen) atoms. The minimum absolute atomic E-state index is 0.182. The summed E-state index contributed by atoms with van der Waals surface area (Å²) < 4.78 is 20.4. The first-order valence-electron chi connectivity index (χ1n) is 9.45. The summed E-state index contributed by atoms with van der Waals surface area (Å²) in [5, 5.41) is 4.24. The Hall–Kier alpha value is -3.39. The van der Waals surface area contributed by atoms with Gasteiger partial charge in [-0.2, -0.15) is 14.6 Å². The third kappa shape index (κ3) is 4.28. The topological polar surface area (TPSA) is 73.6 Å². The maximum atomic E-state index is 13.4. The number of ether oxygens (including phenoxy) is 1. The molecule has 0 bridgehead atoms. The molecule has 0 aliphatic heterocycles. The fraction of sp³-hybridized carbons (Fsp3) is 0.182. The van der Waals surface area contributed by atoms with Gasteiger partial charge in [-0.3, -0.25) is 9.59 Å². The molecule has 0 saturated carbocycles. The van der Waals surface area contributed by atoms with Crippen LogP contribution in [0.5, 0.6) is 5.75 Å². The number of thiazole rings is 1. The molecule has 0 fully saturated rings. The highest BCUT2D eigenvalue weighted by molar-refractivity contribution is 7.15. The SMILES string of the molecule is CCCOc1ccc(Cc2nn3c(=O)c(=Cc4cccc(F)c4)sc3nc2=O)cc1. The molecule has 2 aromatic carbocycles. The Balaban J connectivity index is 1.67. The van der Waals surface area contributed by atoms with Gasteiger partial charge >= 0.3 is 0 Å². The van der Waals surface area contributed by atoms with Gasteiger partial charge in [0.25, 0.3) is 11.1 Å². The van der Waals surface area contributed by atoms with E-state index in [0.717, 1.165) is 33.6 Å². The third-order valence-corrected chi connectivity index (χ3v) is 5.32. The normalized spacial score (nSPS) is 11.9. The molecule has 0 N–H and O–H groups in total. The van der Waals surface area contributed by atoms with Crippen molar-refractivity contribution in [3.8, 4) is 5.75 Å². The van der Waals surface area contributed by atoms with Crippen LogP contribution < -0.4 is 20.4 Å². The fourth-order valence-corrected chi connectivity index (χ4v) is 3.82. The minimum atomic E-state index is -0.472. The average Bonchev–Trinajstić information content (AvgIpc) is 3.02. The summed E-state index contributed by atoms with van der Waals surface area (Å²) in [5.74, 6) is 0.368. The molecule has 0 spiro atoms. The lowest BCUT2D eigenvalue weighted by Gasteiger charge is -2.05. The maximum Gasteiger partial charge on any atom is 0.296 e. The van der Waals surface area contributed by atoms with Gasteiger partial charge < -0.3 is 4.74 Å². The van der Waals surface area contributed by atoms with Crippen molar-refractivity contribution in [2.24, 2.45) is 0 Å². The molecule has 0 aliphatic carbocycles. The molecule has 0 saturated heterocycles. The van der Waals surface area contributed by atoms with E-state index in [1.807, 2.05) is 31.2 Å². The van der Waals surface area contributed by atoms with Gasteiger partial charge in [0.1, 0.15) is 17.3 Å². The smallest absolute Gasteiger partial charge is 0.296 e. The third-order valence-electron chi connectivity index (χ3n) is 4.36. The second-order valence-electron chi connectivity index (χ2n) is 6.70. The van der Waals surface area contributed by atoms with E-state index in [9.17, 15) is 14.0 Å². The molecule has 152 valence electrons. The number of fused-ring (bicyclic) bond motifs is 1. The Kier molecular flexibility index (Phi) is 5.67. The number of nitrogens with zero attached hydrogens (tertiary/aromatic N) is 3. The summed E-state index contributed by atoms with van der Waals surface area (Å²) in [5.41, 5.74) is 0.727. The second-order valence-corrected chi connectivity index (χ2v) is 7.71. The summed E-state index contributed by atoms with van der Waals surface area (Å²) in [7, 11) is 0. The van der Waals surface area contributed by atoms with E-state index >= 15 is 0 Å². The van der Waals surface area contributed by atoms with E-state index in [0.29, 0.717) is 16.7 Å². The zero-order valence-electron chi connectivity index (χ0n) is 16.2. The number of halogens is 1. The first-order chi connectivity index (χ1) is 14.5. The standard InChI is InChI=1S/C22H18FN3O3S/c1-2-10-29-17-8-6-14(7-9-17)12-18-20(27)24-22-26(25-18)21(28)19(30-22)13-15-4-3-5-16(23)11-15/h3-9,11,13H,2,10,12H2,1H3. The number of rotatable bonds is 6. The number of hydrogen-bond acceptors (Lipinski definition) is 6. The zero-order valence-corrected chi connectivity index (χ0v) is 17.0. The van der Waals surface area contributed by atoms with Crippen molar-refractivity contribution < 1.29 is 9.13 Å². The van der Waals surface area contributed by atoms with Crippen LogP contribution in [-0.4, -0.2) is 21.2 Å².